The molecule has 0 saturated carbocycles. The molecule has 1 unspecified atom stereocenters. The van der Waals surface area contributed by atoms with Crippen LogP contribution in [0.4, 0.5) is 4.39 Å². The minimum absolute atomic E-state index is 0.267. The summed E-state index contributed by atoms with van der Waals surface area (Å²) in [5.74, 6) is -0.267. The summed E-state index contributed by atoms with van der Waals surface area (Å²) in [6, 6.07) is 14.1. The Kier molecular flexibility index (Phi) is 3.31. The van der Waals surface area contributed by atoms with Gasteiger partial charge in [-0.15, -0.1) is 0 Å². The molecule has 2 N–H and O–H groups in total. The zero-order chi connectivity index (χ0) is 12.5. The van der Waals surface area contributed by atoms with Crippen molar-refractivity contribution < 1.29 is 4.39 Å². The van der Waals surface area contributed by atoms with Crippen molar-refractivity contribution in [2.45, 2.75) is 12.5 Å². The van der Waals surface area contributed by atoms with Crippen molar-refractivity contribution in [1.82, 2.24) is 0 Å². The number of benzene rings is 2. The molecule has 1 atom stereocenters. The van der Waals surface area contributed by atoms with Crippen LogP contribution in [0.3, 0.4) is 0 Å². The molecule has 0 aliphatic heterocycles. The van der Waals surface area contributed by atoms with Crippen molar-refractivity contribution in [1.29, 1.82) is 0 Å². The van der Waals surface area contributed by atoms with E-state index < -0.39 is 5.54 Å². The van der Waals surface area contributed by atoms with Crippen LogP contribution in [-0.2, 0) is 5.54 Å². The largest absolute Gasteiger partial charge is 0.318 e. The fourth-order valence-electron chi connectivity index (χ4n) is 1.77. The molecular weight excluding hydrogens is 281 g/mol. The molecule has 0 bridgehead atoms. The number of rotatable bonds is 2. The van der Waals surface area contributed by atoms with Gasteiger partial charge >= 0.3 is 0 Å². The van der Waals surface area contributed by atoms with Crippen LogP contribution in [0.2, 0.25) is 0 Å². The smallest absolute Gasteiger partial charge is 0.123 e. The number of hydrogen-bond donors (Lipinski definition) is 1. The standard InChI is InChI=1S/C14H13BrFN/c1-14(17,10-5-7-12(15)8-6-10)11-3-2-4-13(16)9-11/h2-9H,17H2,1H3. The molecule has 2 rings (SSSR count). The highest BCUT2D eigenvalue weighted by Gasteiger charge is 2.23. The van der Waals surface area contributed by atoms with Crippen molar-refractivity contribution in [3.05, 3.63) is 69.9 Å². The number of hydrogen-bond acceptors (Lipinski definition) is 1. The van der Waals surface area contributed by atoms with Gasteiger partial charge in [-0.1, -0.05) is 40.2 Å². The highest BCUT2D eigenvalue weighted by Crippen LogP contribution is 2.27. The van der Waals surface area contributed by atoms with Gasteiger partial charge in [0, 0.05) is 4.47 Å². The summed E-state index contributed by atoms with van der Waals surface area (Å²) in [5.41, 5.74) is 7.32. The highest BCUT2D eigenvalue weighted by molar-refractivity contribution is 9.10. The molecule has 0 spiro atoms. The normalized spacial score (nSPS) is 14.4. The third kappa shape index (κ3) is 2.56. The Morgan fingerprint density at radius 3 is 2.29 bits per heavy atom. The topological polar surface area (TPSA) is 26.0 Å². The lowest BCUT2D eigenvalue weighted by Gasteiger charge is -2.26. The lowest BCUT2D eigenvalue weighted by molar-refractivity contribution is 0.581. The van der Waals surface area contributed by atoms with Gasteiger partial charge in [-0.25, -0.2) is 4.39 Å². The lowest BCUT2D eigenvalue weighted by atomic mass is 9.86. The SMILES string of the molecule is CC(N)(c1ccc(Br)cc1)c1cccc(F)c1. The van der Waals surface area contributed by atoms with Gasteiger partial charge in [-0.05, 0) is 42.3 Å². The minimum Gasteiger partial charge on any atom is -0.318 e. The molecule has 17 heavy (non-hydrogen) atoms. The molecule has 3 heteroatoms. The van der Waals surface area contributed by atoms with Crippen LogP contribution in [0.5, 0.6) is 0 Å². The molecule has 0 radical (unpaired) electrons. The second-order valence-electron chi connectivity index (χ2n) is 4.22. The van der Waals surface area contributed by atoms with Crippen LogP contribution < -0.4 is 5.73 Å². The van der Waals surface area contributed by atoms with E-state index in [9.17, 15) is 4.39 Å². The Hall–Kier alpha value is -1.19. The van der Waals surface area contributed by atoms with Gasteiger partial charge in [0.2, 0.25) is 0 Å². The van der Waals surface area contributed by atoms with E-state index in [1.165, 1.54) is 12.1 Å². The summed E-state index contributed by atoms with van der Waals surface area (Å²) < 4.78 is 14.2. The van der Waals surface area contributed by atoms with E-state index in [-0.39, 0.29) is 5.82 Å². The summed E-state index contributed by atoms with van der Waals surface area (Å²) in [5, 5.41) is 0. The van der Waals surface area contributed by atoms with Crippen LogP contribution in [0.15, 0.2) is 53.0 Å². The maximum atomic E-state index is 13.2. The third-order valence-electron chi connectivity index (χ3n) is 2.87. The fourth-order valence-corrected chi connectivity index (χ4v) is 2.04. The van der Waals surface area contributed by atoms with Gasteiger partial charge < -0.3 is 5.73 Å². The Morgan fingerprint density at radius 1 is 1.06 bits per heavy atom. The monoisotopic (exact) mass is 293 g/mol. The summed E-state index contributed by atoms with van der Waals surface area (Å²) in [4.78, 5) is 0. The molecular formula is C14H13BrFN. The molecule has 0 saturated heterocycles. The van der Waals surface area contributed by atoms with Crippen molar-refractivity contribution >= 4 is 15.9 Å². The van der Waals surface area contributed by atoms with Gasteiger partial charge in [-0.3, -0.25) is 0 Å². The Bertz CT molecular complexity index is 520. The predicted octanol–water partition coefficient (Wildman–Crippen LogP) is 3.81. The summed E-state index contributed by atoms with van der Waals surface area (Å²) in [7, 11) is 0. The second-order valence-corrected chi connectivity index (χ2v) is 5.14. The first-order valence-electron chi connectivity index (χ1n) is 5.31. The fraction of sp³-hybridized carbons (Fsp3) is 0.143. The summed E-state index contributed by atoms with van der Waals surface area (Å²) >= 11 is 3.38. The van der Waals surface area contributed by atoms with Crippen molar-refractivity contribution in [3.8, 4) is 0 Å². The van der Waals surface area contributed by atoms with E-state index in [4.69, 9.17) is 5.73 Å². The van der Waals surface area contributed by atoms with Crippen molar-refractivity contribution in [3.63, 3.8) is 0 Å². The molecule has 1 nitrogen and oxygen atoms in total. The van der Waals surface area contributed by atoms with E-state index >= 15 is 0 Å². The van der Waals surface area contributed by atoms with Crippen molar-refractivity contribution in [2.75, 3.05) is 0 Å². The molecule has 0 heterocycles. The first-order chi connectivity index (χ1) is 8.00. The quantitative estimate of drug-likeness (QED) is 0.895. The molecule has 2 aromatic rings. The summed E-state index contributed by atoms with van der Waals surface area (Å²) in [6.45, 7) is 1.88. The predicted molar refractivity (Wildman–Crippen MR) is 71.2 cm³/mol. The van der Waals surface area contributed by atoms with Crippen LogP contribution in [0, 0.1) is 5.82 Å². The average molecular weight is 294 g/mol. The average Bonchev–Trinajstić information content (AvgIpc) is 2.29. The highest BCUT2D eigenvalue weighted by atomic mass is 79.9. The molecule has 0 aliphatic carbocycles. The van der Waals surface area contributed by atoms with Crippen LogP contribution in [0.25, 0.3) is 0 Å². The van der Waals surface area contributed by atoms with Crippen LogP contribution >= 0.6 is 15.9 Å². The zero-order valence-corrected chi connectivity index (χ0v) is 11.0. The molecule has 0 amide bonds. The first kappa shape index (κ1) is 12.3. The molecule has 2 aromatic carbocycles. The van der Waals surface area contributed by atoms with Gasteiger partial charge in [0.05, 0.1) is 5.54 Å². The van der Waals surface area contributed by atoms with E-state index in [1.54, 1.807) is 6.07 Å². The van der Waals surface area contributed by atoms with Gasteiger partial charge in [0.15, 0.2) is 0 Å². The maximum absolute atomic E-state index is 13.2. The van der Waals surface area contributed by atoms with Gasteiger partial charge in [0.1, 0.15) is 5.82 Å². The van der Waals surface area contributed by atoms with E-state index in [2.05, 4.69) is 15.9 Å². The Balaban J connectivity index is 2.45. The summed E-state index contributed by atoms with van der Waals surface area (Å²) in [6.07, 6.45) is 0. The Labute approximate surface area is 109 Å². The van der Waals surface area contributed by atoms with Gasteiger partial charge in [0.25, 0.3) is 0 Å². The van der Waals surface area contributed by atoms with E-state index in [0.717, 1.165) is 15.6 Å². The number of nitrogens with two attached hydrogens (primary N) is 1. The van der Waals surface area contributed by atoms with Gasteiger partial charge in [-0.2, -0.15) is 0 Å². The van der Waals surface area contributed by atoms with E-state index in [1.807, 2.05) is 37.3 Å². The third-order valence-corrected chi connectivity index (χ3v) is 3.40. The molecule has 88 valence electrons. The van der Waals surface area contributed by atoms with Crippen LogP contribution in [-0.4, -0.2) is 0 Å². The number of halogens is 2. The molecule has 0 aliphatic rings. The first-order valence-corrected chi connectivity index (χ1v) is 6.10. The zero-order valence-electron chi connectivity index (χ0n) is 9.45. The van der Waals surface area contributed by atoms with Crippen LogP contribution in [0.1, 0.15) is 18.1 Å². The minimum atomic E-state index is -0.692. The Morgan fingerprint density at radius 2 is 1.71 bits per heavy atom. The lowest BCUT2D eigenvalue weighted by Crippen LogP contribution is -2.34. The second kappa shape index (κ2) is 4.59. The molecule has 0 fully saturated rings. The maximum Gasteiger partial charge on any atom is 0.123 e. The van der Waals surface area contributed by atoms with Crippen molar-refractivity contribution in [2.24, 2.45) is 5.73 Å². The van der Waals surface area contributed by atoms with E-state index in [0.29, 0.717) is 0 Å². The molecule has 0 aromatic heterocycles.